The molecule has 1 heterocycles. The van der Waals surface area contributed by atoms with E-state index in [1.165, 1.54) is 0 Å². The predicted molar refractivity (Wildman–Crippen MR) is 24.6 cm³/mol. The first kappa shape index (κ1) is 5.24. The summed E-state index contributed by atoms with van der Waals surface area (Å²) < 4.78 is 0. The molecule has 0 bridgehead atoms. The van der Waals surface area contributed by atoms with Crippen LogP contribution < -0.4 is 0 Å². The topological polar surface area (TPSA) is 0 Å². The van der Waals surface area contributed by atoms with E-state index in [1.807, 2.05) is 23.3 Å². The van der Waals surface area contributed by atoms with Gasteiger partial charge in [-0.15, -0.1) is 0 Å². The van der Waals surface area contributed by atoms with E-state index in [1.54, 1.807) is 24.9 Å². The van der Waals surface area contributed by atoms with Gasteiger partial charge in [0.05, 0.1) is 0 Å². The molecule has 0 spiro atoms. The Morgan fingerprint density at radius 2 is 1.67 bits per heavy atom. The molecule has 1 aliphatic rings. The molecule has 1 rings (SSSR count). The summed E-state index contributed by atoms with van der Waals surface area (Å²) in [7, 11) is 0. The molecule has 6 heavy (non-hydrogen) atoms. The zero-order chi connectivity index (χ0) is 4.41. The molecule has 0 radical (unpaired) electrons. The van der Waals surface area contributed by atoms with Crippen molar-refractivity contribution in [3.63, 3.8) is 0 Å². The summed E-state index contributed by atoms with van der Waals surface area (Å²) in [5.41, 5.74) is 0.333. The molecule has 1 fully saturated rings. The molecule has 2 heteroatoms. The quantitative estimate of drug-likeness (QED) is 0.487. The summed E-state index contributed by atoms with van der Waals surface area (Å²) >= 11 is 1.87. The molecule has 0 nitrogen and oxygen atoms in total. The molecule has 0 saturated carbocycles. The van der Waals surface area contributed by atoms with Gasteiger partial charge in [-0.05, 0) is 0 Å². The van der Waals surface area contributed by atoms with E-state index in [2.05, 4.69) is 0 Å². The van der Waals surface area contributed by atoms with E-state index >= 15 is 0 Å². The fourth-order valence-corrected chi connectivity index (χ4v) is 5.01. The average molecular weight is 175 g/mol. The molecule has 1 aliphatic heterocycles. The van der Waals surface area contributed by atoms with Gasteiger partial charge in [-0.25, -0.2) is 0 Å². The Hall–Kier alpha value is 1.10. The summed E-state index contributed by atoms with van der Waals surface area (Å²) in [6, 6.07) is 3.26. The van der Waals surface area contributed by atoms with Gasteiger partial charge in [0.1, 0.15) is 0 Å². The van der Waals surface area contributed by atoms with Crippen LogP contribution in [0.25, 0.3) is 0 Å². The molecule has 0 N–H and O–H groups in total. The first-order valence-corrected chi connectivity index (χ1v) is 8.06. The maximum atomic E-state index is 1.87. The molecule has 0 aromatic rings. The van der Waals surface area contributed by atoms with Crippen molar-refractivity contribution in [2.75, 3.05) is 0 Å². The van der Waals surface area contributed by atoms with Crippen molar-refractivity contribution in [3.05, 3.63) is 0 Å². The monoisotopic (exact) mass is 174 g/mol. The molecular formula is C4H8SiZr+2. The summed E-state index contributed by atoms with van der Waals surface area (Å²) in [6.45, 7) is 0. The van der Waals surface area contributed by atoms with Crippen LogP contribution in [0.1, 0.15) is 12.8 Å². The van der Waals surface area contributed by atoms with Crippen molar-refractivity contribution < 1.29 is 23.3 Å². The van der Waals surface area contributed by atoms with Crippen LogP contribution >= 0.6 is 0 Å². The predicted octanol–water partition coefficient (Wildman–Crippen LogP) is 1.32. The van der Waals surface area contributed by atoms with Gasteiger partial charge >= 0.3 is 53.7 Å². The van der Waals surface area contributed by atoms with Gasteiger partial charge in [0, 0.05) is 0 Å². The molecule has 0 atom stereocenters. The molecule has 30 valence electrons. The molecule has 0 aromatic heterocycles. The fraction of sp³-hybridized carbons (Fsp3) is 1.00. The van der Waals surface area contributed by atoms with E-state index in [0.29, 0.717) is 5.43 Å². The molecule has 1 saturated heterocycles. The SMILES string of the molecule is [Zr+2]=[Si]1CCCC1. The zero-order valence-electron chi connectivity index (χ0n) is 3.83. The number of rotatable bonds is 0. The van der Waals surface area contributed by atoms with Gasteiger partial charge in [-0.2, -0.15) is 0 Å². The van der Waals surface area contributed by atoms with E-state index < -0.39 is 0 Å². The van der Waals surface area contributed by atoms with E-state index in [4.69, 9.17) is 0 Å². The fourth-order valence-electron chi connectivity index (χ4n) is 0.802. The minimum atomic E-state index is 0.333. The summed E-state index contributed by atoms with van der Waals surface area (Å²) in [4.78, 5) is 0. The second-order valence-corrected chi connectivity index (χ2v) is 9.23. The van der Waals surface area contributed by atoms with Crippen LogP contribution in [0, 0.1) is 0 Å². The average Bonchev–Trinajstić information content (AvgIpc) is 1.86. The molecule has 0 aromatic carbocycles. The van der Waals surface area contributed by atoms with E-state index in [-0.39, 0.29) is 0 Å². The van der Waals surface area contributed by atoms with Crippen LogP contribution in [0.15, 0.2) is 0 Å². The van der Waals surface area contributed by atoms with E-state index in [0.717, 1.165) is 0 Å². The van der Waals surface area contributed by atoms with Gasteiger partial charge in [0.25, 0.3) is 0 Å². The van der Waals surface area contributed by atoms with Crippen LogP contribution in [-0.4, -0.2) is 5.43 Å². The Bertz CT molecular complexity index is 61.9. The first-order valence-electron chi connectivity index (χ1n) is 2.46. The van der Waals surface area contributed by atoms with E-state index in [9.17, 15) is 0 Å². The van der Waals surface area contributed by atoms with Gasteiger partial charge in [-0.3, -0.25) is 0 Å². The third kappa shape index (κ3) is 1.31. The van der Waals surface area contributed by atoms with Gasteiger partial charge in [0.15, 0.2) is 0 Å². The minimum absolute atomic E-state index is 0.333. The number of hydrogen-bond donors (Lipinski definition) is 0. The Morgan fingerprint density at radius 3 is 1.83 bits per heavy atom. The number of hydrogen-bond acceptors (Lipinski definition) is 0. The molecular weight excluding hydrogens is 167 g/mol. The van der Waals surface area contributed by atoms with Gasteiger partial charge in [0.2, 0.25) is 0 Å². The third-order valence-corrected chi connectivity index (χ3v) is 6.81. The normalized spacial score (nSPS) is 22.7. The van der Waals surface area contributed by atoms with Crippen LogP contribution in [-0.2, 0) is 23.3 Å². The molecule has 0 aliphatic carbocycles. The first-order chi connectivity index (χ1) is 2.89. The Kier molecular flexibility index (Phi) is 2.11. The Morgan fingerprint density at radius 1 is 1.17 bits per heavy atom. The van der Waals surface area contributed by atoms with Gasteiger partial charge in [-0.1, -0.05) is 0 Å². The Balaban J connectivity index is 2.37. The Labute approximate surface area is 53.7 Å². The van der Waals surface area contributed by atoms with Crippen molar-refractivity contribution in [2.45, 2.75) is 24.9 Å². The van der Waals surface area contributed by atoms with Crippen LogP contribution in [0.5, 0.6) is 0 Å². The molecule has 0 unspecified atom stereocenters. The summed E-state index contributed by atoms with van der Waals surface area (Å²) in [5.74, 6) is 0. The maximum absolute atomic E-state index is 1.87. The standard InChI is InChI=1S/C4H8Si.Zr/c1-2-4-5-3-1;/h1-4H2;/q;+2. The summed E-state index contributed by atoms with van der Waals surface area (Å²) in [5, 5.41) is 0. The molecule has 0 amide bonds. The van der Waals surface area contributed by atoms with Crippen molar-refractivity contribution >= 4 is 5.43 Å². The van der Waals surface area contributed by atoms with Gasteiger partial charge < -0.3 is 0 Å². The van der Waals surface area contributed by atoms with Crippen LogP contribution in [0.3, 0.4) is 0 Å². The van der Waals surface area contributed by atoms with Crippen LogP contribution in [0.2, 0.25) is 12.1 Å². The second kappa shape index (κ2) is 2.42. The van der Waals surface area contributed by atoms with Crippen LogP contribution in [0.4, 0.5) is 0 Å². The van der Waals surface area contributed by atoms with Crippen molar-refractivity contribution in [1.29, 1.82) is 0 Å². The van der Waals surface area contributed by atoms with Crippen molar-refractivity contribution in [2.24, 2.45) is 0 Å². The summed E-state index contributed by atoms with van der Waals surface area (Å²) in [6.07, 6.45) is 3.11. The zero-order valence-corrected chi connectivity index (χ0v) is 7.29. The van der Waals surface area contributed by atoms with Crippen molar-refractivity contribution in [1.82, 2.24) is 0 Å². The third-order valence-electron chi connectivity index (χ3n) is 1.21. The van der Waals surface area contributed by atoms with Crippen molar-refractivity contribution in [3.8, 4) is 0 Å². The second-order valence-electron chi connectivity index (χ2n) is 1.81.